The van der Waals surface area contributed by atoms with Crippen LogP contribution in [0.5, 0.6) is 5.75 Å². The molecule has 0 spiro atoms. The fourth-order valence-electron chi connectivity index (χ4n) is 2.45. The van der Waals surface area contributed by atoms with Gasteiger partial charge in [0, 0.05) is 6.04 Å². The number of benzene rings is 2. The summed E-state index contributed by atoms with van der Waals surface area (Å²) >= 11 is 6.03. The molecule has 0 fully saturated rings. The number of hydrogen-bond acceptors (Lipinski definition) is 3. The van der Waals surface area contributed by atoms with E-state index < -0.39 is 10.0 Å². The van der Waals surface area contributed by atoms with Crippen LogP contribution in [0.1, 0.15) is 44.9 Å². The third-order valence-electron chi connectivity index (χ3n) is 4.04. The van der Waals surface area contributed by atoms with Crippen LogP contribution in [0.15, 0.2) is 47.4 Å². The molecular formula is C19H24ClNO3S. The van der Waals surface area contributed by atoms with E-state index in [0.29, 0.717) is 5.75 Å². The van der Waals surface area contributed by atoms with Gasteiger partial charge < -0.3 is 4.74 Å². The highest BCUT2D eigenvalue weighted by atomic mass is 35.5. The van der Waals surface area contributed by atoms with E-state index in [9.17, 15) is 8.42 Å². The van der Waals surface area contributed by atoms with Crippen LogP contribution < -0.4 is 9.46 Å². The summed E-state index contributed by atoms with van der Waals surface area (Å²) in [7, 11) is -2.20. The largest absolute Gasteiger partial charge is 0.495 e. The lowest BCUT2D eigenvalue weighted by molar-refractivity contribution is 0.414. The fourth-order valence-corrected chi connectivity index (χ4v) is 4.04. The molecule has 0 bridgehead atoms. The van der Waals surface area contributed by atoms with Crippen molar-refractivity contribution in [1.82, 2.24) is 4.72 Å². The molecular weight excluding hydrogens is 358 g/mol. The minimum Gasteiger partial charge on any atom is -0.495 e. The number of sulfonamides is 1. The van der Waals surface area contributed by atoms with Crippen LogP contribution in [0.2, 0.25) is 5.02 Å². The summed E-state index contributed by atoms with van der Waals surface area (Å²) < 4.78 is 32.9. The van der Waals surface area contributed by atoms with Gasteiger partial charge in [-0.25, -0.2) is 13.1 Å². The van der Waals surface area contributed by atoms with Crippen molar-refractivity contribution in [2.24, 2.45) is 0 Å². The Morgan fingerprint density at radius 1 is 1.08 bits per heavy atom. The molecule has 6 heteroatoms. The van der Waals surface area contributed by atoms with Crippen LogP contribution in [-0.4, -0.2) is 15.5 Å². The molecule has 25 heavy (non-hydrogen) atoms. The number of methoxy groups -OCH3 is 1. The molecule has 0 radical (unpaired) electrons. The van der Waals surface area contributed by atoms with Crippen molar-refractivity contribution in [3.05, 3.63) is 58.6 Å². The first-order valence-corrected chi connectivity index (χ1v) is 9.87. The number of nitrogens with one attached hydrogen (secondary N) is 1. The Kier molecular flexibility index (Phi) is 5.82. The molecule has 0 saturated carbocycles. The van der Waals surface area contributed by atoms with Crippen LogP contribution in [-0.2, 0) is 15.4 Å². The molecule has 1 N–H and O–H groups in total. The Morgan fingerprint density at radius 2 is 1.68 bits per heavy atom. The molecule has 0 aliphatic rings. The zero-order valence-electron chi connectivity index (χ0n) is 15.1. The summed E-state index contributed by atoms with van der Waals surface area (Å²) in [6.45, 7) is 8.24. The van der Waals surface area contributed by atoms with Crippen molar-refractivity contribution in [3.8, 4) is 5.75 Å². The lowest BCUT2D eigenvalue weighted by Gasteiger charge is -2.21. The summed E-state index contributed by atoms with van der Waals surface area (Å²) in [6.07, 6.45) is 0. The Morgan fingerprint density at radius 3 is 2.16 bits per heavy atom. The highest BCUT2D eigenvalue weighted by molar-refractivity contribution is 7.89. The molecule has 4 nitrogen and oxygen atoms in total. The molecule has 0 saturated heterocycles. The van der Waals surface area contributed by atoms with Gasteiger partial charge in [-0.05, 0) is 41.7 Å². The second-order valence-corrected chi connectivity index (χ2v) is 9.13. The summed E-state index contributed by atoms with van der Waals surface area (Å²) in [5, 5.41) is 0.257. The van der Waals surface area contributed by atoms with Crippen LogP contribution in [0.4, 0.5) is 0 Å². The zero-order chi connectivity index (χ0) is 18.8. The molecule has 0 aliphatic carbocycles. The van der Waals surface area contributed by atoms with Gasteiger partial charge in [0.1, 0.15) is 5.75 Å². The van der Waals surface area contributed by atoms with Gasteiger partial charge in [-0.1, -0.05) is 56.6 Å². The first kappa shape index (κ1) is 19.8. The first-order valence-electron chi connectivity index (χ1n) is 8.01. The molecule has 0 unspecified atom stereocenters. The van der Waals surface area contributed by atoms with Crippen LogP contribution in [0.25, 0.3) is 0 Å². The van der Waals surface area contributed by atoms with Gasteiger partial charge in [0.05, 0.1) is 17.0 Å². The van der Waals surface area contributed by atoms with Gasteiger partial charge in [-0.2, -0.15) is 0 Å². The number of ether oxygens (including phenoxy) is 1. The lowest BCUT2D eigenvalue weighted by atomic mass is 9.86. The monoisotopic (exact) mass is 381 g/mol. The van der Waals surface area contributed by atoms with Gasteiger partial charge in [-0.3, -0.25) is 0 Å². The molecule has 2 aromatic carbocycles. The topological polar surface area (TPSA) is 55.4 Å². The summed E-state index contributed by atoms with van der Waals surface area (Å²) in [6, 6.07) is 12.0. The van der Waals surface area contributed by atoms with E-state index in [1.807, 2.05) is 31.2 Å². The molecule has 1 atom stereocenters. The second kappa shape index (κ2) is 7.36. The molecule has 0 amide bonds. The predicted molar refractivity (Wildman–Crippen MR) is 102 cm³/mol. The van der Waals surface area contributed by atoms with Gasteiger partial charge in [-0.15, -0.1) is 0 Å². The third-order valence-corrected chi connectivity index (χ3v) is 5.88. The Balaban J connectivity index is 2.21. The lowest BCUT2D eigenvalue weighted by Crippen LogP contribution is -2.27. The van der Waals surface area contributed by atoms with Crippen LogP contribution in [0, 0.1) is 0 Å². The maximum atomic E-state index is 12.6. The van der Waals surface area contributed by atoms with Gasteiger partial charge >= 0.3 is 0 Å². The number of halogens is 1. The highest BCUT2D eigenvalue weighted by Crippen LogP contribution is 2.28. The average molecular weight is 382 g/mol. The quantitative estimate of drug-likeness (QED) is 0.817. The summed E-state index contributed by atoms with van der Waals surface area (Å²) in [5.74, 6) is 0.437. The smallest absolute Gasteiger partial charge is 0.241 e. The van der Waals surface area contributed by atoms with E-state index in [0.717, 1.165) is 5.56 Å². The van der Waals surface area contributed by atoms with E-state index in [1.54, 1.807) is 6.07 Å². The number of hydrogen-bond donors (Lipinski definition) is 1. The molecule has 0 aliphatic heterocycles. The van der Waals surface area contributed by atoms with Crippen molar-refractivity contribution in [1.29, 1.82) is 0 Å². The Bertz CT molecular complexity index is 840. The second-order valence-electron chi connectivity index (χ2n) is 7.01. The van der Waals surface area contributed by atoms with Crippen molar-refractivity contribution >= 4 is 21.6 Å². The highest BCUT2D eigenvalue weighted by Gasteiger charge is 2.20. The van der Waals surface area contributed by atoms with E-state index in [2.05, 4.69) is 25.5 Å². The van der Waals surface area contributed by atoms with Crippen molar-refractivity contribution in [3.63, 3.8) is 0 Å². The minimum atomic E-state index is -3.68. The Labute approximate surface area is 155 Å². The molecule has 136 valence electrons. The van der Waals surface area contributed by atoms with E-state index in [1.165, 1.54) is 24.8 Å². The molecule has 0 heterocycles. The summed E-state index contributed by atoms with van der Waals surface area (Å²) in [5.41, 5.74) is 2.16. The molecule has 2 rings (SSSR count). The number of rotatable bonds is 5. The van der Waals surface area contributed by atoms with Crippen LogP contribution in [0.3, 0.4) is 0 Å². The SMILES string of the molecule is COc1ccc(S(=O)(=O)N[C@@H](C)c2ccc(C(C)(C)C)cc2)cc1Cl. The maximum Gasteiger partial charge on any atom is 0.241 e. The normalized spacial score (nSPS) is 13.5. The van der Waals surface area contributed by atoms with Gasteiger partial charge in [0.15, 0.2) is 0 Å². The van der Waals surface area contributed by atoms with Gasteiger partial charge in [0.25, 0.3) is 0 Å². The minimum absolute atomic E-state index is 0.0567. The zero-order valence-corrected chi connectivity index (χ0v) is 16.7. The van der Waals surface area contributed by atoms with E-state index in [4.69, 9.17) is 16.3 Å². The maximum absolute atomic E-state index is 12.6. The predicted octanol–water partition coefficient (Wildman–Crippen LogP) is 4.69. The average Bonchev–Trinajstić information content (AvgIpc) is 2.53. The van der Waals surface area contributed by atoms with Crippen molar-refractivity contribution < 1.29 is 13.2 Å². The van der Waals surface area contributed by atoms with Gasteiger partial charge in [0.2, 0.25) is 10.0 Å². The molecule has 2 aromatic rings. The van der Waals surface area contributed by atoms with E-state index >= 15 is 0 Å². The third kappa shape index (κ3) is 4.75. The fraction of sp³-hybridized carbons (Fsp3) is 0.368. The first-order chi connectivity index (χ1) is 11.5. The Hall–Kier alpha value is -1.56. The summed E-state index contributed by atoms with van der Waals surface area (Å²) in [4.78, 5) is 0.108. The standard InChI is InChI=1S/C19H24ClNO3S/c1-13(14-6-8-15(9-7-14)19(2,3)4)21-25(22,23)16-10-11-18(24-5)17(20)12-16/h6-13,21H,1-5H3/t13-/m0/s1. The van der Waals surface area contributed by atoms with Crippen molar-refractivity contribution in [2.45, 2.75) is 44.0 Å². The molecule has 0 aromatic heterocycles. The van der Waals surface area contributed by atoms with Crippen LogP contribution >= 0.6 is 11.6 Å². The van der Waals surface area contributed by atoms with E-state index in [-0.39, 0.29) is 21.4 Å². The van der Waals surface area contributed by atoms with Crippen molar-refractivity contribution in [2.75, 3.05) is 7.11 Å².